The van der Waals surface area contributed by atoms with Crippen molar-refractivity contribution in [3.8, 4) is 0 Å². The third kappa shape index (κ3) is 3.80. The van der Waals surface area contributed by atoms with E-state index >= 15 is 0 Å². The highest BCUT2D eigenvalue weighted by Crippen LogP contribution is 2.33. The van der Waals surface area contributed by atoms with Gasteiger partial charge in [-0.2, -0.15) is 0 Å². The van der Waals surface area contributed by atoms with Crippen LogP contribution in [-0.4, -0.2) is 11.5 Å². The van der Waals surface area contributed by atoms with Gasteiger partial charge in [-0.1, -0.05) is 23.7 Å². The predicted octanol–water partition coefficient (Wildman–Crippen LogP) is 5.59. The monoisotopic (exact) mass is 360 g/mol. The second-order valence-corrected chi connectivity index (χ2v) is 6.28. The van der Waals surface area contributed by atoms with Crippen LogP contribution in [0.3, 0.4) is 0 Å². The zero-order chi connectivity index (χ0) is 16.3. The van der Waals surface area contributed by atoms with Crippen LogP contribution in [0, 0.1) is 5.82 Å². The van der Waals surface area contributed by atoms with E-state index in [1.54, 1.807) is 12.1 Å². The first-order valence-electron chi connectivity index (χ1n) is 6.40. The molecule has 0 heterocycles. The Kier molecular flexibility index (Phi) is 5.84. The fourth-order valence-corrected chi connectivity index (χ4v) is 3.13. The van der Waals surface area contributed by atoms with Crippen molar-refractivity contribution in [3.05, 3.63) is 68.6 Å². The first kappa shape index (κ1) is 17.3. The molecule has 0 spiro atoms. The van der Waals surface area contributed by atoms with Crippen LogP contribution in [0.4, 0.5) is 8.78 Å². The molecule has 1 aromatic rings. The largest absolute Gasteiger partial charge is 0.275 e. The predicted molar refractivity (Wildman–Crippen MR) is 88.4 cm³/mol. The van der Waals surface area contributed by atoms with Crippen LogP contribution in [0.25, 0.3) is 0 Å². The number of carbonyl (C=O) groups excluding carboxylic acids is 1. The molecule has 0 bridgehead atoms. The number of thioether (sulfide) groups is 1. The Bertz CT molecular complexity index is 708. The minimum atomic E-state index is -0.875. The summed E-state index contributed by atoms with van der Waals surface area (Å²) >= 11 is 12.6. The van der Waals surface area contributed by atoms with E-state index in [-0.39, 0.29) is 17.0 Å². The van der Waals surface area contributed by atoms with Crippen molar-refractivity contribution in [2.24, 2.45) is 0 Å². The maximum Gasteiger partial charge on any atom is 0.255 e. The highest BCUT2D eigenvalue weighted by molar-refractivity contribution is 8.02. The number of hydrogen-bond acceptors (Lipinski definition) is 2. The van der Waals surface area contributed by atoms with Gasteiger partial charge >= 0.3 is 0 Å². The molecule has 0 fully saturated rings. The van der Waals surface area contributed by atoms with Crippen molar-refractivity contribution >= 4 is 40.2 Å². The van der Waals surface area contributed by atoms with Gasteiger partial charge in [0.25, 0.3) is 5.24 Å². The normalized spacial score (nSPS) is 15.3. The van der Waals surface area contributed by atoms with E-state index < -0.39 is 16.9 Å². The zero-order valence-corrected chi connectivity index (χ0v) is 14.0. The van der Waals surface area contributed by atoms with E-state index in [2.05, 4.69) is 0 Å². The molecule has 0 radical (unpaired) electrons. The number of rotatable bonds is 4. The van der Waals surface area contributed by atoms with Gasteiger partial charge in [0, 0.05) is 6.42 Å². The van der Waals surface area contributed by atoms with Gasteiger partial charge in [0.1, 0.15) is 11.6 Å². The molecule has 1 aromatic carbocycles. The molecule has 22 heavy (non-hydrogen) atoms. The summed E-state index contributed by atoms with van der Waals surface area (Å²) in [5, 5.41) is -0.848. The molecule has 1 aliphatic rings. The molecule has 2 rings (SSSR count). The Morgan fingerprint density at radius 1 is 1.36 bits per heavy atom. The minimum Gasteiger partial charge on any atom is -0.275 e. The summed E-state index contributed by atoms with van der Waals surface area (Å²) in [6.45, 7) is 0. The number of benzene rings is 1. The lowest BCUT2D eigenvalue weighted by Crippen LogP contribution is -1.99. The van der Waals surface area contributed by atoms with Crippen molar-refractivity contribution in [1.29, 1.82) is 0 Å². The van der Waals surface area contributed by atoms with Gasteiger partial charge in [0.15, 0.2) is 0 Å². The van der Waals surface area contributed by atoms with E-state index in [1.807, 2.05) is 6.26 Å². The van der Waals surface area contributed by atoms with E-state index in [9.17, 15) is 13.6 Å². The Morgan fingerprint density at radius 3 is 2.73 bits per heavy atom. The summed E-state index contributed by atoms with van der Waals surface area (Å²) in [7, 11) is 0. The molecule has 1 nitrogen and oxygen atoms in total. The topological polar surface area (TPSA) is 17.1 Å². The van der Waals surface area contributed by atoms with Crippen molar-refractivity contribution in [2.45, 2.75) is 12.8 Å². The number of halogens is 4. The number of carbonyl (C=O) groups is 1. The van der Waals surface area contributed by atoms with Gasteiger partial charge in [-0.25, -0.2) is 8.78 Å². The van der Waals surface area contributed by atoms with Crippen LogP contribution >= 0.6 is 35.0 Å². The summed E-state index contributed by atoms with van der Waals surface area (Å²) in [5.74, 6) is -1.17. The van der Waals surface area contributed by atoms with Gasteiger partial charge in [-0.3, -0.25) is 4.79 Å². The Labute approximate surface area is 141 Å². The summed E-state index contributed by atoms with van der Waals surface area (Å²) in [4.78, 5) is 12.2. The number of hydrogen-bond donors (Lipinski definition) is 0. The molecule has 0 N–H and O–H groups in total. The highest BCUT2D eigenvalue weighted by Gasteiger charge is 2.19. The average molecular weight is 361 g/mol. The summed E-state index contributed by atoms with van der Waals surface area (Å²) in [5.41, 5.74) is 0.832. The molecule has 0 atom stereocenters. The summed E-state index contributed by atoms with van der Waals surface area (Å²) < 4.78 is 27.9. The van der Waals surface area contributed by atoms with Gasteiger partial charge in [0.05, 0.1) is 10.6 Å². The molecule has 6 heteroatoms. The molecule has 0 amide bonds. The molecule has 1 aliphatic carbocycles. The quantitative estimate of drug-likeness (QED) is 0.651. The lowest BCUT2D eigenvalue weighted by molar-refractivity contribution is -0.108. The Hall–Kier alpha value is -1.10. The Balaban J connectivity index is 2.47. The van der Waals surface area contributed by atoms with Crippen molar-refractivity contribution < 1.29 is 13.6 Å². The van der Waals surface area contributed by atoms with E-state index in [0.29, 0.717) is 17.6 Å². The molecular weight excluding hydrogens is 349 g/mol. The molecular formula is C16H12Cl2F2OS. The summed E-state index contributed by atoms with van der Waals surface area (Å²) in [6, 6.07) is 4.71. The minimum absolute atomic E-state index is 0.0272. The van der Waals surface area contributed by atoms with Crippen LogP contribution in [0.5, 0.6) is 0 Å². The third-order valence-electron chi connectivity index (χ3n) is 3.27. The second kappa shape index (κ2) is 7.44. The lowest BCUT2D eigenvalue weighted by Gasteiger charge is -2.10. The molecule has 0 saturated heterocycles. The molecule has 0 saturated carbocycles. The van der Waals surface area contributed by atoms with Crippen LogP contribution in [0.1, 0.15) is 12.0 Å². The van der Waals surface area contributed by atoms with Crippen LogP contribution in [-0.2, 0) is 11.2 Å². The Morgan fingerprint density at radius 2 is 2.09 bits per heavy atom. The fraction of sp³-hybridized carbons (Fsp3) is 0.188. The van der Waals surface area contributed by atoms with E-state index in [0.717, 1.165) is 4.91 Å². The molecule has 0 aliphatic heterocycles. The van der Waals surface area contributed by atoms with Crippen LogP contribution < -0.4 is 0 Å². The van der Waals surface area contributed by atoms with Gasteiger partial charge in [0.2, 0.25) is 0 Å². The molecule has 0 unspecified atom stereocenters. The first-order valence-corrected chi connectivity index (χ1v) is 8.38. The molecule has 0 aromatic heterocycles. The van der Waals surface area contributed by atoms with Gasteiger partial charge < -0.3 is 0 Å². The highest BCUT2D eigenvalue weighted by atomic mass is 35.5. The van der Waals surface area contributed by atoms with Crippen molar-refractivity contribution in [3.63, 3.8) is 0 Å². The average Bonchev–Trinajstić information content (AvgIpc) is 2.63. The van der Waals surface area contributed by atoms with Crippen molar-refractivity contribution in [1.82, 2.24) is 0 Å². The lowest BCUT2D eigenvalue weighted by atomic mass is 10.0. The first-order chi connectivity index (χ1) is 10.4. The van der Waals surface area contributed by atoms with E-state index in [1.165, 1.54) is 30.0 Å². The molecule has 116 valence electrons. The van der Waals surface area contributed by atoms with Crippen LogP contribution in [0.2, 0.25) is 5.02 Å². The smallest absolute Gasteiger partial charge is 0.255 e. The zero-order valence-electron chi connectivity index (χ0n) is 11.6. The third-order valence-corrected chi connectivity index (χ3v) is 4.69. The van der Waals surface area contributed by atoms with Gasteiger partial charge in [-0.15, -0.1) is 11.8 Å². The maximum atomic E-state index is 14.1. The van der Waals surface area contributed by atoms with E-state index in [4.69, 9.17) is 23.2 Å². The van der Waals surface area contributed by atoms with Crippen LogP contribution in [0.15, 0.2) is 52.2 Å². The number of allylic oxidation sites excluding steroid dienone is 6. The maximum absolute atomic E-state index is 14.1. The SMILES string of the molecule is CSC1=C(Cc2cccc(Cl)c2F)C=C(C(=O)Cl)C(F)=CC1. The van der Waals surface area contributed by atoms with Gasteiger partial charge in [-0.05, 0) is 58.5 Å². The van der Waals surface area contributed by atoms with Crippen molar-refractivity contribution in [2.75, 3.05) is 6.26 Å². The summed E-state index contributed by atoms with van der Waals surface area (Å²) in [6.07, 6.45) is 5.07. The standard InChI is InChI=1S/C16H12Cl2F2OS/c1-22-14-6-5-13(19)11(16(18)21)8-10(14)7-9-3-2-4-12(17)15(9)20/h2-5,8H,6-7H2,1H3. The fourth-order valence-electron chi connectivity index (χ4n) is 2.15. The second-order valence-electron chi connectivity index (χ2n) is 4.63.